The van der Waals surface area contributed by atoms with Crippen LogP contribution in [0.15, 0.2) is 54.6 Å². The molecule has 1 aliphatic heterocycles. The predicted octanol–water partition coefficient (Wildman–Crippen LogP) is 4.50. The Morgan fingerprint density at radius 1 is 0.846 bits per heavy atom. The van der Waals surface area contributed by atoms with Crippen LogP contribution in [0.2, 0.25) is 5.02 Å². The first-order valence-corrected chi connectivity index (χ1v) is 9.92. The van der Waals surface area contributed by atoms with Crippen molar-refractivity contribution in [1.29, 1.82) is 0 Å². The van der Waals surface area contributed by atoms with Crippen molar-refractivity contribution in [3.05, 3.63) is 65.2 Å². The maximum absolute atomic E-state index is 13.5. The van der Waals surface area contributed by atoms with Crippen molar-refractivity contribution in [2.75, 3.05) is 31.1 Å². The maximum Gasteiger partial charge on any atom is 0.233 e. The molecule has 2 fully saturated rings. The molecule has 1 heterocycles. The first-order valence-electron chi connectivity index (χ1n) is 9.54. The van der Waals surface area contributed by atoms with Gasteiger partial charge in [0, 0.05) is 36.9 Å². The highest BCUT2D eigenvalue weighted by atomic mass is 35.5. The van der Waals surface area contributed by atoms with Crippen molar-refractivity contribution >= 4 is 23.2 Å². The van der Waals surface area contributed by atoms with E-state index in [9.17, 15) is 4.79 Å². The molecule has 0 spiro atoms. The van der Waals surface area contributed by atoms with Crippen LogP contribution < -0.4 is 4.90 Å². The summed E-state index contributed by atoms with van der Waals surface area (Å²) in [6, 6.07) is 18.4. The fourth-order valence-electron chi connectivity index (χ4n) is 4.48. The Hall–Kier alpha value is -2.00. The van der Waals surface area contributed by atoms with Crippen LogP contribution in [-0.2, 0) is 10.2 Å². The van der Waals surface area contributed by atoms with E-state index in [1.165, 1.54) is 11.3 Å². The minimum Gasteiger partial charge on any atom is -0.368 e. The molecule has 0 atom stereocenters. The summed E-state index contributed by atoms with van der Waals surface area (Å²) in [6.45, 7) is 3.32. The van der Waals surface area contributed by atoms with Crippen LogP contribution in [0.4, 0.5) is 5.69 Å². The monoisotopic (exact) mass is 368 g/mol. The number of carbonyl (C=O) groups excluding carboxylic acids is 1. The molecule has 4 heteroatoms. The minimum atomic E-state index is -0.302. The molecule has 1 saturated heterocycles. The zero-order chi connectivity index (χ0) is 18.0. The highest BCUT2D eigenvalue weighted by Crippen LogP contribution is 2.42. The third-order valence-corrected chi connectivity index (χ3v) is 6.20. The van der Waals surface area contributed by atoms with E-state index < -0.39 is 0 Å². The van der Waals surface area contributed by atoms with Crippen molar-refractivity contribution in [2.45, 2.75) is 31.1 Å². The molecule has 0 aromatic heterocycles. The average Bonchev–Trinajstić information content (AvgIpc) is 3.20. The summed E-state index contributed by atoms with van der Waals surface area (Å²) in [5, 5.41) is 0.758. The molecule has 2 aliphatic rings. The highest BCUT2D eigenvalue weighted by molar-refractivity contribution is 6.30. The number of halogens is 1. The summed E-state index contributed by atoms with van der Waals surface area (Å²) in [5.74, 6) is 0.331. The summed E-state index contributed by atoms with van der Waals surface area (Å²) in [4.78, 5) is 17.9. The van der Waals surface area contributed by atoms with E-state index in [-0.39, 0.29) is 5.41 Å². The van der Waals surface area contributed by atoms with Gasteiger partial charge in [0.25, 0.3) is 0 Å². The normalized spacial score (nSPS) is 19.6. The third kappa shape index (κ3) is 3.21. The van der Waals surface area contributed by atoms with Gasteiger partial charge in [-0.15, -0.1) is 0 Å². The van der Waals surface area contributed by atoms with E-state index in [1.54, 1.807) is 0 Å². The number of nitrogens with zero attached hydrogens (tertiary/aromatic N) is 2. The number of piperazine rings is 1. The number of anilines is 1. The van der Waals surface area contributed by atoms with Gasteiger partial charge < -0.3 is 9.80 Å². The van der Waals surface area contributed by atoms with E-state index in [0.29, 0.717) is 5.91 Å². The van der Waals surface area contributed by atoms with Gasteiger partial charge in [0.1, 0.15) is 0 Å². The lowest BCUT2D eigenvalue weighted by Crippen LogP contribution is -2.54. The number of carbonyl (C=O) groups is 1. The molecule has 2 aromatic rings. The second-order valence-corrected chi connectivity index (χ2v) is 7.85. The number of hydrogen-bond donors (Lipinski definition) is 0. The first kappa shape index (κ1) is 17.4. The van der Waals surface area contributed by atoms with Crippen LogP contribution in [0, 0.1) is 0 Å². The molecular weight excluding hydrogens is 344 g/mol. The summed E-state index contributed by atoms with van der Waals surface area (Å²) in [6.07, 6.45) is 4.25. The fourth-order valence-corrected chi connectivity index (χ4v) is 4.61. The molecule has 1 amide bonds. The maximum atomic E-state index is 13.5. The minimum absolute atomic E-state index is 0.302. The van der Waals surface area contributed by atoms with E-state index in [0.717, 1.165) is 56.9 Å². The highest BCUT2D eigenvalue weighted by Gasteiger charge is 2.45. The Morgan fingerprint density at radius 2 is 1.46 bits per heavy atom. The van der Waals surface area contributed by atoms with Crippen LogP contribution in [-0.4, -0.2) is 37.0 Å². The average molecular weight is 369 g/mol. The predicted molar refractivity (Wildman–Crippen MR) is 107 cm³/mol. The van der Waals surface area contributed by atoms with Crippen molar-refractivity contribution in [2.24, 2.45) is 0 Å². The molecular formula is C22H25ClN2O. The lowest BCUT2D eigenvalue weighted by Gasteiger charge is -2.40. The standard InChI is InChI=1S/C22H25ClN2O/c23-19-8-10-20(11-9-19)24-14-16-25(17-15-24)21(26)22(12-4-5-13-22)18-6-2-1-3-7-18/h1-3,6-11H,4-5,12-17H2. The molecule has 0 radical (unpaired) electrons. The zero-order valence-corrected chi connectivity index (χ0v) is 15.8. The van der Waals surface area contributed by atoms with Crippen molar-refractivity contribution in [3.63, 3.8) is 0 Å². The number of benzene rings is 2. The Balaban J connectivity index is 1.48. The van der Waals surface area contributed by atoms with Crippen LogP contribution in [0.25, 0.3) is 0 Å². The van der Waals surface area contributed by atoms with Gasteiger partial charge in [-0.25, -0.2) is 0 Å². The number of amides is 1. The largest absolute Gasteiger partial charge is 0.368 e. The van der Waals surface area contributed by atoms with Gasteiger partial charge in [-0.3, -0.25) is 4.79 Å². The van der Waals surface area contributed by atoms with Crippen molar-refractivity contribution < 1.29 is 4.79 Å². The SMILES string of the molecule is O=C(N1CCN(c2ccc(Cl)cc2)CC1)C1(c2ccccc2)CCCC1. The van der Waals surface area contributed by atoms with Crippen molar-refractivity contribution in [1.82, 2.24) is 4.90 Å². The second kappa shape index (κ2) is 7.32. The summed E-state index contributed by atoms with van der Waals surface area (Å²) >= 11 is 5.99. The van der Waals surface area contributed by atoms with Gasteiger partial charge in [0.05, 0.1) is 5.41 Å². The van der Waals surface area contributed by atoms with Crippen molar-refractivity contribution in [3.8, 4) is 0 Å². The van der Waals surface area contributed by atoms with E-state index in [1.807, 2.05) is 18.2 Å². The van der Waals surface area contributed by atoms with E-state index >= 15 is 0 Å². The molecule has 4 rings (SSSR count). The molecule has 26 heavy (non-hydrogen) atoms. The molecule has 136 valence electrons. The Morgan fingerprint density at radius 3 is 2.08 bits per heavy atom. The topological polar surface area (TPSA) is 23.6 Å². The lowest BCUT2D eigenvalue weighted by atomic mass is 9.77. The molecule has 0 unspecified atom stereocenters. The molecule has 3 nitrogen and oxygen atoms in total. The zero-order valence-electron chi connectivity index (χ0n) is 15.0. The van der Waals surface area contributed by atoms with Gasteiger partial charge >= 0.3 is 0 Å². The van der Waals surface area contributed by atoms with Gasteiger partial charge in [-0.1, -0.05) is 54.8 Å². The van der Waals surface area contributed by atoms with Crippen LogP contribution in [0.3, 0.4) is 0 Å². The van der Waals surface area contributed by atoms with Gasteiger partial charge in [-0.2, -0.15) is 0 Å². The quantitative estimate of drug-likeness (QED) is 0.796. The number of hydrogen-bond acceptors (Lipinski definition) is 2. The summed E-state index contributed by atoms with van der Waals surface area (Å²) in [5.41, 5.74) is 2.08. The van der Waals surface area contributed by atoms with Crippen LogP contribution in [0.5, 0.6) is 0 Å². The van der Waals surface area contributed by atoms with Gasteiger partial charge in [-0.05, 0) is 42.7 Å². The van der Waals surface area contributed by atoms with E-state index in [2.05, 4.69) is 46.2 Å². The molecule has 1 saturated carbocycles. The summed E-state index contributed by atoms with van der Waals surface area (Å²) < 4.78 is 0. The third-order valence-electron chi connectivity index (χ3n) is 5.95. The van der Waals surface area contributed by atoms with Gasteiger partial charge in [0.15, 0.2) is 0 Å². The molecule has 2 aromatic carbocycles. The Kier molecular flexibility index (Phi) is 4.90. The Bertz CT molecular complexity index is 745. The van der Waals surface area contributed by atoms with Crippen LogP contribution in [0.1, 0.15) is 31.2 Å². The lowest BCUT2D eigenvalue weighted by molar-refractivity contribution is -0.137. The molecule has 0 N–H and O–H groups in total. The van der Waals surface area contributed by atoms with Gasteiger partial charge in [0.2, 0.25) is 5.91 Å². The molecule has 0 bridgehead atoms. The first-order chi connectivity index (χ1) is 12.7. The second-order valence-electron chi connectivity index (χ2n) is 7.41. The Labute approximate surface area is 160 Å². The van der Waals surface area contributed by atoms with E-state index in [4.69, 9.17) is 11.6 Å². The smallest absolute Gasteiger partial charge is 0.233 e. The number of rotatable bonds is 3. The molecule has 1 aliphatic carbocycles. The van der Waals surface area contributed by atoms with Crippen LogP contribution >= 0.6 is 11.6 Å². The fraction of sp³-hybridized carbons (Fsp3) is 0.409. The summed E-state index contributed by atoms with van der Waals surface area (Å²) in [7, 11) is 0.